The summed E-state index contributed by atoms with van der Waals surface area (Å²) < 4.78 is 0. The van der Waals surface area contributed by atoms with E-state index in [1.807, 2.05) is 0 Å². The molecule has 0 atom stereocenters. The van der Waals surface area contributed by atoms with E-state index in [2.05, 4.69) is 10.3 Å². The lowest BCUT2D eigenvalue weighted by molar-refractivity contribution is -0.144. The first-order chi connectivity index (χ1) is 8.16. The van der Waals surface area contributed by atoms with E-state index in [4.69, 9.17) is 4.84 Å². The maximum absolute atomic E-state index is 11.9. The molecule has 0 spiro atoms. The van der Waals surface area contributed by atoms with Crippen molar-refractivity contribution in [3.63, 3.8) is 0 Å². The topological polar surface area (TPSA) is 71.5 Å². The lowest BCUT2D eigenvalue weighted by atomic mass is 10.3. The SMILES string of the molecule is CC(=O)Nc1nc(C(=O)N2CCCCO2)cs1. The molecule has 92 valence electrons. The maximum atomic E-state index is 11.9. The van der Waals surface area contributed by atoms with Crippen LogP contribution in [0, 0.1) is 0 Å². The summed E-state index contributed by atoms with van der Waals surface area (Å²) in [6.07, 6.45) is 1.91. The molecule has 1 N–H and O–H groups in total. The first-order valence-electron chi connectivity index (χ1n) is 5.35. The number of carbonyl (C=O) groups excluding carboxylic acids is 2. The second kappa shape index (κ2) is 5.24. The van der Waals surface area contributed by atoms with Crippen LogP contribution in [0.1, 0.15) is 30.3 Å². The summed E-state index contributed by atoms with van der Waals surface area (Å²) in [6.45, 7) is 2.55. The third-order valence-corrected chi connectivity index (χ3v) is 2.99. The molecular formula is C10H13N3O3S. The van der Waals surface area contributed by atoms with Gasteiger partial charge in [-0.3, -0.25) is 14.4 Å². The van der Waals surface area contributed by atoms with Gasteiger partial charge in [-0.05, 0) is 12.8 Å². The number of hydrogen-bond acceptors (Lipinski definition) is 5. The minimum atomic E-state index is -0.252. The first kappa shape index (κ1) is 12.0. The van der Waals surface area contributed by atoms with Gasteiger partial charge in [0.25, 0.3) is 5.91 Å². The highest BCUT2D eigenvalue weighted by Gasteiger charge is 2.21. The Labute approximate surface area is 103 Å². The molecule has 0 saturated carbocycles. The molecule has 2 heterocycles. The summed E-state index contributed by atoms with van der Waals surface area (Å²) >= 11 is 1.22. The van der Waals surface area contributed by atoms with Crippen molar-refractivity contribution in [1.82, 2.24) is 10.0 Å². The van der Waals surface area contributed by atoms with E-state index in [1.54, 1.807) is 5.38 Å². The van der Waals surface area contributed by atoms with Gasteiger partial charge in [0.05, 0.1) is 6.61 Å². The zero-order valence-electron chi connectivity index (χ0n) is 9.43. The standard InChI is InChI=1S/C10H13N3O3S/c1-7(14)11-10-12-8(6-17-10)9(15)13-4-2-3-5-16-13/h6H,2-5H2,1H3,(H,11,12,14). The number of thiazole rings is 1. The van der Waals surface area contributed by atoms with Crippen LogP contribution in [0.25, 0.3) is 0 Å². The fourth-order valence-electron chi connectivity index (χ4n) is 1.46. The zero-order valence-corrected chi connectivity index (χ0v) is 10.2. The van der Waals surface area contributed by atoms with Crippen molar-refractivity contribution < 1.29 is 14.4 Å². The number of nitrogens with one attached hydrogen (secondary N) is 1. The molecule has 1 aromatic heterocycles. The minimum absolute atomic E-state index is 0.201. The van der Waals surface area contributed by atoms with Gasteiger partial charge in [0.2, 0.25) is 5.91 Å². The number of hydroxylamine groups is 2. The highest BCUT2D eigenvalue weighted by Crippen LogP contribution is 2.18. The molecule has 0 aliphatic carbocycles. The van der Waals surface area contributed by atoms with E-state index in [9.17, 15) is 9.59 Å². The Bertz CT molecular complexity index is 426. The highest BCUT2D eigenvalue weighted by molar-refractivity contribution is 7.14. The number of amides is 2. The van der Waals surface area contributed by atoms with E-state index in [0.717, 1.165) is 12.8 Å². The summed E-state index contributed by atoms with van der Waals surface area (Å²) in [4.78, 5) is 32.0. The van der Waals surface area contributed by atoms with Crippen molar-refractivity contribution in [3.8, 4) is 0 Å². The molecule has 1 aromatic rings. The van der Waals surface area contributed by atoms with Gasteiger partial charge < -0.3 is 5.32 Å². The van der Waals surface area contributed by atoms with E-state index in [0.29, 0.717) is 24.0 Å². The van der Waals surface area contributed by atoms with Gasteiger partial charge >= 0.3 is 0 Å². The van der Waals surface area contributed by atoms with Gasteiger partial charge in [0.1, 0.15) is 5.69 Å². The second-order valence-corrected chi connectivity index (χ2v) is 4.52. The van der Waals surface area contributed by atoms with Crippen molar-refractivity contribution in [1.29, 1.82) is 0 Å². The molecule has 2 amide bonds. The van der Waals surface area contributed by atoms with Gasteiger partial charge in [-0.1, -0.05) is 0 Å². The summed E-state index contributed by atoms with van der Waals surface area (Å²) in [5.74, 6) is -0.454. The van der Waals surface area contributed by atoms with E-state index in [1.165, 1.54) is 23.3 Å². The Hall–Kier alpha value is -1.47. The molecule has 1 aliphatic heterocycles. The fraction of sp³-hybridized carbons (Fsp3) is 0.500. The number of carbonyl (C=O) groups is 2. The molecule has 2 rings (SSSR count). The molecule has 17 heavy (non-hydrogen) atoms. The average molecular weight is 255 g/mol. The van der Waals surface area contributed by atoms with Crippen LogP contribution in [-0.4, -0.2) is 35.0 Å². The van der Waals surface area contributed by atoms with Crippen molar-refractivity contribution in [2.45, 2.75) is 19.8 Å². The minimum Gasteiger partial charge on any atom is -0.302 e. The van der Waals surface area contributed by atoms with Crippen LogP contribution >= 0.6 is 11.3 Å². The normalized spacial score (nSPS) is 15.7. The number of hydrogen-bond donors (Lipinski definition) is 1. The third kappa shape index (κ3) is 3.01. The molecule has 1 saturated heterocycles. The van der Waals surface area contributed by atoms with Gasteiger partial charge in [-0.2, -0.15) is 0 Å². The summed E-state index contributed by atoms with van der Waals surface area (Å²) in [5.41, 5.74) is 0.306. The lowest BCUT2D eigenvalue weighted by Crippen LogP contribution is -2.35. The van der Waals surface area contributed by atoms with Crippen LogP contribution in [0.3, 0.4) is 0 Å². The number of anilines is 1. The Morgan fingerprint density at radius 1 is 1.53 bits per heavy atom. The van der Waals surface area contributed by atoms with Crippen LogP contribution in [0.2, 0.25) is 0 Å². The number of aromatic nitrogens is 1. The first-order valence-corrected chi connectivity index (χ1v) is 6.22. The quantitative estimate of drug-likeness (QED) is 0.863. The van der Waals surface area contributed by atoms with Crippen LogP contribution in [-0.2, 0) is 9.63 Å². The summed E-state index contributed by atoms with van der Waals surface area (Å²) in [7, 11) is 0. The molecule has 1 fully saturated rings. The maximum Gasteiger partial charge on any atom is 0.296 e. The Morgan fingerprint density at radius 3 is 3.00 bits per heavy atom. The molecule has 0 unspecified atom stereocenters. The van der Waals surface area contributed by atoms with Crippen LogP contribution in [0.4, 0.5) is 5.13 Å². The van der Waals surface area contributed by atoms with Crippen LogP contribution < -0.4 is 5.32 Å². The third-order valence-electron chi connectivity index (χ3n) is 2.24. The van der Waals surface area contributed by atoms with Gasteiger partial charge in [-0.15, -0.1) is 11.3 Å². The highest BCUT2D eigenvalue weighted by atomic mass is 32.1. The second-order valence-electron chi connectivity index (χ2n) is 3.67. The number of nitrogens with zero attached hydrogens (tertiary/aromatic N) is 2. The van der Waals surface area contributed by atoms with Crippen molar-refractivity contribution in [2.24, 2.45) is 0 Å². The predicted molar refractivity (Wildman–Crippen MR) is 62.6 cm³/mol. The van der Waals surface area contributed by atoms with Gasteiger partial charge in [0.15, 0.2) is 5.13 Å². The summed E-state index contributed by atoms with van der Waals surface area (Å²) in [5, 5.41) is 5.91. The van der Waals surface area contributed by atoms with Gasteiger partial charge in [-0.25, -0.2) is 10.0 Å². The molecule has 7 heteroatoms. The van der Waals surface area contributed by atoms with Crippen molar-refractivity contribution in [3.05, 3.63) is 11.1 Å². The molecule has 6 nitrogen and oxygen atoms in total. The van der Waals surface area contributed by atoms with Crippen molar-refractivity contribution in [2.75, 3.05) is 18.5 Å². The monoisotopic (exact) mass is 255 g/mol. The Balaban J connectivity index is 2.03. The number of rotatable bonds is 2. The van der Waals surface area contributed by atoms with Crippen LogP contribution in [0.15, 0.2) is 5.38 Å². The largest absolute Gasteiger partial charge is 0.302 e. The smallest absolute Gasteiger partial charge is 0.296 e. The average Bonchev–Trinajstić information content (AvgIpc) is 2.77. The van der Waals surface area contributed by atoms with Crippen LogP contribution in [0.5, 0.6) is 0 Å². The van der Waals surface area contributed by atoms with Gasteiger partial charge in [0, 0.05) is 18.8 Å². The Morgan fingerprint density at radius 2 is 2.35 bits per heavy atom. The Kier molecular flexibility index (Phi) is 3.70. The van der Waals surface area contributed by atoms with E-state index < -0.39 is 0 Å². The van der Waals surface area contributed by atoms with Crippen molar-refractivity contribution >= 4 is 28.3 Å². The fourth-order valence-corrected chi connectivity index (χ4v) is 2.20. The summed E-state index contributed by atoms with van der Waals surface area (Å²) in [6, 6.07) is 0. The molecule has 0 bridgehead atoms. The lowest BCUT2D eigenvalue weighted by Gasteiger charge is -2.24. The molecule has 0 aromatic carbocycles. The molecular weight excluding hydrogens is 242 g/mol. The zero-order chi connectivity index (χ0) is 12.3. The molecule has 0 radical (unpaired) electrons. The predicted octanol–water partition coefficient (Wildman–Crippen LogP) is 1.27. The van der Waals surface area contributed by atoms with E-state index >= 15 is 0 Å². The van der Waals surface area contributed by atoms with E-state index in [-0.39, 0.29) is 11.8 Å². The molecule has 1 aliphatic rings.